The van der Waals surface area contributed by atoms with E-state index in [0.717, 1.165) is 5.32 Å². The molecule has 0 aromatic heterocycles. The maximum absolute atomic E-state index is 13.8. The van der Waals surface area contributed by atoms with Crippen LogP contribution >= 0.6 is 0 Å². The average molecular weight is 723 g/mol. The van der Waals surface area contributed by atoms with Crippen LogP contribution in [0.1, 0.15) is 19.3 Å². The zero-order chi connectivity index (χ0) is 30.1. The molecule has 0 fully saturated rings. The highest BCUT2D eigenvalue weighted by atomic mass is 127. The number of halogens is 18. The van der Waals surface area contributed by atoms with Crippen LogP contribution in [-0.2, 0) is 0 Å². The van der Waals surface area contributed by atoms with Crippen LogP contribution in [0.4, 0.5) is 74.6 Å². The quantitative estimate of drug-likeness (QED) is 0.147. The number of aliphatic hydroxyl groups excluding tert-OH is 3. The van der Waals surface area contributed by atoms with Gasteiger partial charge in [-0.05, 0) is 0 Å². The van der Waals surface area contributed by atoms with E-state index in [0.29, 0.717) is 0 Å². The van der Waals surface area contributed by atoms with Gasteiger partial charge in [-0.2, -0.15) is 74.6 Å². The molecule has 0 amide bonds. The highest BCUT2D eigenvalue weighted by Crippen LogP contribution is 2.64. The molecule has 0 spiro atoms. The first-order chi connectivity index (χ1) is 16.1. The van der Waals surface area contributed by atoms with E-state index >= 15 is 0 Å². The first kappa shape index (κ1) is 39.5. The molecule has 0 aliphatic heterocycles. The van der Waals surface area contributed by atoms with Crippen molar-refractivity contribution in [3.63, 3.8) is 0 Å². The second-order valence-corrected chi connectivity index (χ2v) is 7.76. The number of hydrogen-bond acceptors (Lipinski definition) is 3. The van der Waals surface area contributed by atoms with Gasteiger partial charge in [-0.25, -0.2) is 0 Å². The Kier molecular flexibility index (Phi) is 13.0. The van der Waals surface area contributed by atoms with Crippen LogP contribution < -0.4 is 29.3 Å². The van der Waals surface area contributed by atoms with Gasteiger partial charge in [0.1, 0.15) is 12.6 Å². The lowest BCUT2D eigenvalue weighted by Gasteiger charge is -2.43. The van der Waals surface area contributed by atoms with Crippen LogP contribution in [0.2, 0.25) is 0 Å². The van der Waals surface area contributed by atoms with E-state index in [1.807, 2.05) is 0 Å². The molecule has 0 aromatic rings. The smallest absolute Gasteiger partial charge is 0.460 e. The number of quaternary nitrogens is 1. The zero-order valence-corrected chi connectivity index (χ0v) is 20.3. The van der Waals surface area contributed by atoms with E-state index in [1.54, 1.807) is 0 Å². The zero-order valence-electron chi connectivity index (χ0n) is 18.1. The lowest BCUT2D eigenvalue weighted by molar-refractivity contribution is -0.696. The maximum Gasteiger partial charge on any atom is 0.460 e. The Morgan fingerprint density at radius 3 is 1.16 bits per heavy atom. The van der Waals surface area contributed by atoms with Gasteiger partial charge in [-0.15, -0.1) is 0 Å². The standard InChI is InChI=1S/C16H18F17NO3.HI/c17-9(18,5-8(37)6-34-7(1-3-35)2-4-36)10(19,20)11(21,22)12(23,24)13(25,26)14(27,28)15(29,30)16(31,32)33;/h7-8,34-37H,1-6H2;1H. The monoisotopic (exact) mass is 723 g/mol. The molecule has 0 aliphatic carbocycles. The molecule has 22 heteroatoms. The van der Waals surface area contributed by atoms with Crippen LogP contribution in [0, 0.1) is 0 Å². The second kappa shape index (κ2) is 12.5. The summed E-state index contributed by atoms with van der Waals surface area (Å²) in [7, 11) is 0. The lowest BCUT2D eigenvalue weighted by Crippen LogP contribution is -3.00. The molecule has 0 aliphatic rings. The summed E-state index contributed by atoms with van der Waals surface area (Å²) < 4.78 is 224. The third-order valence-corrected chi connectivity index (χ3v) is 5.02. The van der Waals surface area contributed by atoms with Gasteiger partial charge in [0, 0.05) is 32.5 Å². The van der Waals surface area contributed by atoms with Crippen molar-refractivity contribution in [2.24, 2.45) is 0 Å². The van der Waals surface area contributed by atoms with E-state index in [-0.39, 0.29) is 36.8 Å². The van der Waals surface area contributed by atoms with E-state index in [2.05, 4.69) is 0 Å². The Labute approximate surface area is 218 Å². The van der Waals surface area contributed by atoms with Gasteiger partial charge in [0.05, 0.1) is 6.04 Å². The first-order valence-electron chi connectivity index (χ1n) is 9.58. The summed E-state index contributed by atoms with van der Waals surface area (Å²) >= 11 is 0. The molecule has 0 rings (SSSR count). The summed E-state index contributed by atoms with van der Waals surface area (Å²) in [5, 5.41) is 27.7. The Balaban J connectivity index is 0. The predicted molar refractivity (Wildman–Crippen MR) is 85.3 cm³/mol. The van der Waals surface area contributed by atoms with Gasteiger partial charge in [-0.1, -0.05) is 0 Å². The third kappa shape index (κ3) is 6.81. The van der Waals surface area contributed by atoms with Crippen LogP contribution in [0.5, 0.6) is 0 Å². The molecule has 0 bridgehead atoms. The molecule has 0 saturated heterocycles. The van der Waals surface area contributed by atoms with Crippen LogP contribution in [0.15, 0.2) is 0 Å². The summed E-state index contributed by atoms with van der Waals surface area (Å²) in [6.45, 7) is -2.34. The minimum absolute atomic E-state index is 0. The molecule has 0 aromatic carbocycles. The Morgan fingerprint density at radius 2 is 0.842 bits per heavy atom. The van der Waals surface area contributed by atoms with Crippen molar-refractivity contribution < 1.29 is 119 Å². The predicted octanol–water partition coefficient (Wildman–Crippen LogP) is 0.448. The molecular weight excluding hydrogens is 704 g/mol. The van der Waals surface area contributed by atoms with E-state index < -0.39 is 86.0 Å². The molecule has 1 unspecified atom stereocenters. The highest BCUT2D eigenvalue weighted by Gasteiger charge is 2.95. The van der Waals surface area contributed by atoms with Gasteiger partial charge in [0.2, 0.25) is 0 Å². The Bertz CT molecular complexity index is 741. The molecule has 38 heavy (non-hydrogen) atoms. The molecular formula is C16H19F17INO3. The Morgan fingerprint density at radius 1 is 0.526 bits per heavy atom. The summed E-state index contributed by atoms with van der Waals surface area (Å²) in [5.74, 6) is -57.1. The van der Waals surface area contributed by atoms with E-state index in [4.69, 9.17) is 10.2 Å². The fourth-order valence-electron chi connectivity index (χ4n) is 2.77. The number of aliphatic hydroxyl groups is 3. The number of alkyl halides is 17. The van der Waals surface area contributed by atoms with Crippen molar-refractivity contribution in [3.05, 3.63) is 0 Å². The molecule has 0 heterocycles. The van der Waals surface area contributed by atoms with Crippen LogP contribution in [0.3, 0.4) is 0 Å². The lowest BCUT2D eigenvalue weighted by atomic mass is 9.87. The van der Waals surface area contributed by atoms with Gasteiger partial charge in [-0.3, -0.25) is 0 Å². The molecule has 5 N–H and O–H groups in total. The Hall–Kier alpha value is -0.620. The molecule has 1 atom stereocenters. The third-order valence-electron chi connectivity index (χ3n) is 5.02. The van der Waals surface area contributed by atoms with Gasteiger partial charge in [0.25, 0.3) is 0 Å². The fourth-order valence-corrected chi connectivity index (χ4v) is 2.77. The summed E-state index contributed by atoms with van der Waals surface area (Å²) in [4.78, 5) is 0. The average Bonchev–Trinajstić information content (AvgIpc) is 2.70. The van der Waals surface area contributed by atoms with Crippen molar-refractivity contribution in [2.75, 3.05) is 19.8 Å². The first-order valence-corrected chi connectivity index (χ1v) is 9.58. The van der Waals surface area contributed by atoms with Crippen molar-refractivity contribution in [1.29, 1.82) is 0 Å². The van der Waals surface area contributed by atoms with Gasteiger partial charge >= 0.3 is 47.6 Å². The molecule has 0 saturated carbocycles. The normalized spacial score (nSPS) is 16.0. The molecule has 4 nitrogen and oxygen atoms in total. The maximum atomic E-state index is 13.8. The SMILES string of the molecule is OCCC(CCO)[NH2+]CC(O)CC(F)(F)C(F)(F)C(F)(F)C(F)(F)C(F)(F)C(F)(F)C(F)(F)C(F)(F)F.[I-]. The fraction of sp³-hybridized carbons (Fsp3) is 1.00. The number of rotatable bonds is 15. The van der Waals surface area contributed by atoms with Crippen molar-refractivity contribution in [2.45, 2.75) is 79.0 Å². The molecule has 0 radical (unpaired) electrons. The highest BCUT2D eigenvalue weighted by molar-refractivity contribution is 5.15. The second-order valence-electron chi connectivity index (χ2n) is 7.76. The topological polar surface area (TPSA) is 77.3 Å². The van der Waals surface area contributed by atoms with E-state index in [9.17, 15) is 79.7 Å². The summed E-state index contributed by atoms with van der Waals surface area (Å²) in [5.41, 5.74) is 0. The number of nitrogens with two attached hydrogens (primary N) is 1. The van der Waals surface area contributed by atoms with Crippen LogP contribution in [0.25, 0.3) is 0 Å². The summed E-state index contributed by atoms with van der Waals surface area (Å²) in [6, 6.07) is -0.902. The van der Waals surface area contributed by atoms with Gasteiger partial charge in [0.15, 0.2) is 0 Å². The molecule has 232 valence electrons. The van der Waals surface area contributed by atoms with Crippen molar-refractivity contribution in [1.82, 2.24) is 0 Å². The minimum Gasteiger partial charge on any atom is -1.00 e. The van der Waals surface area contributed by atoms with Crippen molar-refractivity contribution in [3.8, 4) is 0 Å². The van der Waals surface area contributed by atoms with E-state index in [1.165, 1.54) is 0 Å². The minimum atomic E-state index is -8.70. The summed E-state index contributed by atoms with van der Waals surface area (Å²) in [6.07, 6.45) is -14.1. The number of hydrogen-bond donors (Lipinski definition) is 4. The van der Waals surface area contributed by atoms with Crippen molar-refractivity contribution >= 4 is 0 Å². The van der Waals surface area contributed by atoms with Crippen LogP contribution in [-0.4, -0.2) is 94.9 Å². The van der Waals surface area contributed by atoms with Gasteiger partial charge < -0.3 is 44.6 Å². The largest absolute Gasteiger partial charge is 1.00 e.